The molecule has 14 heavy (non-hydrogen) atoms. The fourth-order valence-corrected chi connectivity index (χ4v) is 2.04. The van der Waals surface area contributed by atoms with Crippen LogP contribution in [0.25, 0.3) is 0 Å². The van der Waals surface area contributed by atoms with E-state index in [1.807, 2.05) is 11.7 Å². The summed E-state index contributed by atoms with van der Waals surface area (Å²) in [6.07, 6.45) is 5.92. The van der Waals surface area contributed by atoms with Crippen molar-refractivity contribution in [2.45, 2.75) is 30.8 Å². The average molecular weight is 191 g/mol. The first-order chi connectivity index (χ1) is 6.79. The Hall–Kier alpha value is -1.41. The van der Waals surface area contributed by atoms with Gasteiger partial charge in [-0.3, -0.25) is 0 Å². The van der Waals surface area contributed by atoms with E-state index >= 15 is 0 Å². The summed E-state index contributed by atoms with van der Waals surface area (Å²) in [4.78, 5) is 3.91. The van der Waals surface area contributed by atoms with Crippen LogP contribution in [0.15, 0.2) is 12.7 Å². The van der Waals surface area contributed by atoms with Gasteiger partial charge in [-0.15, -0.1) is 0 Å². The van der Waals surface area contributed by atoms with E-state index in [0.717, 1.165) is 19.3 Å². The van der Waals surface area contributed by atoms with Gasteiger partial charge in [-0.25, -0.2) is 9.67 Å². The molecule has 0 spiro atoms. The lowest BCUT2D eigenvalue weighted by Gasteiger charge is -2.19. The van der Waals surface area contributed by atoms with Crippen LogP contribution in [-0.2, 0) is 0 Å². The molecule has 1 aliphatic rings. The lowest BCUT2D eigenvalue weighted by atomic mass is 10.0. The van der Waals surface area contributed by atoms with Crippen molar-refractivity contribution in [3.63, 3.8) is 0 Å². The van der Waals surface area contributed by atoms with Crippen molar-refractivity contribution in [1.29, 1.82) is 5.26 Å². The Morgan fingerprint density at radius 1 is 1.71 bits per heavy atom. The molecule has 1 heterocycles. The molecule has 1 N–H and O–H groups in total. The monoisotopic (exact) mass is 191 g/mol. The Balaban J connectivity index is 2.12. The predicted octanol–water partition coefficient (Wildman–Crippen LogP) is 0.485. The molecule has 0 amide bonds. The number of nitriles is 1. The standard InChI is InChI=1S/C9H13N5/c1-11-9(5-10)3-2-8(4-9)14-7-12-6-13-14/h6-8,11H,2-4H2,1H3. The molecule has 0 aliphatic heterocycles. The quantitative estimate of drug-likeness (QED) is 0.738. The zero-order valence-electron chi connectivity index (χ0n) is 8.14. The molecule has 5 nitrogen and oxygen atoms in total. The van der Waals surface area contributed by atoms with Crippen LogP contribution in [0.4, 0.5) is 0 Å². The van der Waals surface area contributed by atoms with Gasteiger partial charge in [0.25, 0.3) is 0 Å². The number of hydrogen-bond donors (Lipinski definition) is 1. The smallest absolute Gasteiger partial charge is 0.137 e. The van der Waals surface area contributed by atoms with Crippen LogP contribution >= 0.6 is 0 Å². The largest absolute Gasteiger partial charge is 0.302 e. The molecule has 0 saturated heterocycles. The Morgan fingerprint density at radius 2 is 2.57 bits per heavy atom. The van der Waals surface area contributed by atoms with Crippen LogP contribution < -0.4 is 5.32 Å². The summed E-state index contributed by atoms with van der Waals surface area (Å²) < 4.78 is 1.84. The highest BCUT2D eigenvalue weighted by molar-refractivity contribution is 5.11. The molecule has 0 radical (unpaired) electrons. The Labute approximate surface area is 82.7 Å². The molecule has 0 aromatic carbocycles. The maximum Gasteiger partial charge on any atom is 0.137 e. The van der Waals surface area contributed by atoms with E-state index in [4.69, 9.17) is 5.26 Å². The summed E-state index contributed by atoms with van der Waals surface area (Å²) in [6.45, 7) is 0. The molecular weight excluding hydrogens is 178 g/mol. The number of hydrogen-bond acceptors (Lipinski definition) is 4. The van der Waals surface area contributed by atoms with Crippen molar-refractivity contribution in [1.82, 2.24) is 20.1 Å². The third-order valence-electron chi connectivity index (χ3n) is 2.99. The van der Waals surface area contributed by atoms with Crippen molar-refractivity contribution >= 4 is 0 Å². The highest BCUT2D eigenvalue weighted by Gasteiger charge is 2.39. The Morgan fingerprint density at radius 3 is 3.07 bits per heavy atom. The van der Waals surface area contributed by atoms with Gasteiger partial charge >= 0.3 is 0 Å². The molecule has 1 saturated carbocycles. The minimum atomic E-state index is -0.364. The van der Waals surface area contributed by atoms with Crippen molar-refractivity contribution in [2.75, 3.05) is 7.05 Å². The summed E-state index contributed by atoms with van der Waals surface area (Å²) in [5.74, 6) is 0. The molecule has 5 heteroatoms. The maximum absolute atomic E-state index is 9.07. The maximum atomic E-state index is 9.07. The van der Waals surface area contributed by atoms with E-state index in [-0.39, 0.29) is 5.54 Å². The number of rotatable bonds is 2. The molecule has 1 aliphatic carbocycles. The van der Waals surface area contributed by atoms with Gasteiger partial charge in [0, 0.05) is 6.42 Å². The summed E-state index contributed by atoms with van der Waals surface area (Å²) >= 11 is 0. The zero-order chi connectivity index (χ0) is 10.0. The SMILES string of the molecule is CNC1(C#N)CCC(n2cncn2)C1. The second-order valence-corrected chi connectivity index (χ2v) is 3.72. The number of nitrogens with zero attached hydrogens (tertiary/aromatic N) is 4. The van der Waals surface area contributed by atoms with Gasteiger partial charge < -0.3 is 5.32 Å². The molecule has 2 atom stereocenters. The van der Waals surface area contributed by atoms with Gasteiger partial charge in [-0.2, -0.15) is 10.4 Å². The van der Waals surface area contributed by atoms with Gasteiger partial charge in [-0.1, -0.05) is 0 Å². The highest BCUT2D eigenvalue weighted by Crippen LogP contribution is 2.36. The number of aromatic nitrogens is 3. The third kappa shape index (κ3) is 1.38. The second-order valence-electron chi connectivity index (χ2n) is 3.72. The fraction of sp³-hybridized carbons (Fsp3) is 0.667. The van der Waals surface area contributed by atoms with E-state index in [1.165, 1.54) is 6.33 Å². The van der Waals surface area contributed by atoms with Crippen LogP contribution in [0.1, 0.15) is 25.3 Å². The van der Waals surface area contributed by atoms with Gasteiger partial charge in [0.05, 0.1) is 12.1 Å². The van der Waals surface area contributed by atoms with E-state index in [1.54, 1.807) is 6.33 Å². The van der Waals surface area contributed by atoms with Gasteiger partial charge in [0.1, 0.15) is 18.2 Å². The normalized spacial score (nSPS) is 31.6. The molecule has 74 valence electrons. The molecular formula is C9H13N5. The van der Waals surface area contributed by atoms with E-state index in [9.17, 15) is 0 Å². The van der Waals surface area contributed by atoms with Gasteiger partial charge in [-0.05, 0) is 19.9 Å². The Kier molecular flexibility index (Phi) is 2.22. The predicted molar refractivity (Wildman–Crippen MR) is 50.3 cm³/mol. The van der Waals surface area contributed by atoms with Crippen molar-refractivity contribution in [3.8, 4) is 6.07 Å². The van der Waals surface area contributed by atoms with Crippen LogP contribution in [0.3, 0.4) is 0 Å². The van der Waals surface area contributed by atoms with E-state index in [0.29, 0.717) is 6.04 Å². The topological polar surface area (TPSA) is 66.5 Å². The van der Waals surface area contributed by atoms with Crippen LogP contribution in [-0.4, -0.2) is 27.4 Å². The van der Waals surface area contributed by atoms with Crippen molar-refractivity contribution in [3.05, 3.63) is 12.7 Å². The van der Waals surface area contributed by atoms with Crippen molar-refractivity contribution in [2.24, 2.45) is 0 Å². The first-order valence-corrected chi connectivity index (χ1v) is 4.74. The molecule has 1 aromatic heterocycles. The van der Waals surface area contributed by atoms with E-state index in [2.05, 4.69) is 21.5 Å². The minimum Gasteiger partial charge on any atom is -0.302 e. The zero-order valence-corrected chi connectivity index (χ0v) is 8.14. The van der Waals surface area contributed by atoms with Gasteiger partial charge in [0.2, 0.25) is 0 Å². The highest BCUT2D eigenvalue weighted by atomic mass is 15.3. The summed E-state index contributed by atoms with van der Waals surface area (Å²) in [5.41, 5.74) is -0.364. The van der Waals surface area contributed by atoms with E-state index < -0.39 is 0 Å². The van der Waals surface area contributed by atoms with Crippen LogP contribution in [0, 0.1) is 11.3 Å². The Bertz CT molecular complexity index is 339. The van der Waals surface area contributed by atoms with Gasteiger partial charge in [0.15, 0.2) is 0 Å². The second kappa shape index (κ2) is 3.39. The summed E-state index contributed by atoms with van der Waals surface area (Å²) in [7, 11) is 1.84. The lowest BCUT2D eigenvalue weighted by molar-refractivity contribution is 0.409. The first kappa shape index (κ1) is 9.16. The average Bonchev–Trinajstić information content (AvgIpc) is 2.87. The third-order valence-corrected chi connectivity index (χ3v) is 2.99. The minimum absolute atomic E-state index is 0.310. The molecule has 2 rings (SSSR count). The molecule has 1 fully saturated rings. The van der Waals surface area contributed by atoms with Crippen LogP contribution in [0.5, 0.6) is 0 Å². The van der Waals surface area contributed by atoms with Crippen molar-refractivity contribution < 1.29 is 0 Å². The molecule has 1 aromatic rings. The summed E-state index contributed by atoms with van der Waals surface area (Å²) in [6, 6.07) is 2.66. The summed E-state index contributed by atoms with van der Waals surface area (Å²) in [5, 5.41) is 16.3. The van der Waals surface area contributed by atoms with Crippen LogP contribution in [0.2, 0.25) is 0 Å². The first-order valence-electron chi connectivity index (χ1n) is 4.74. The lowest BCUT2D eigenvalue weighted by Crippen LogP contribution is -2.38. The fourth-order valence-electron chi connectivity index (χ4n) is 2.04. The molecule has 0 bridgehead atoms. The molecule has 2 unspecified atom stereocenters. The number of nitrogens with one attached hydrogen (secondary N) is 1.